The van der Waals surface area contributed by atoms with Crippen LogP contribution >= 0.6 is 15.9 Å². The number of aryl methyl sites for hydroxylation is 1. The number of rotatable bonds is 9. The van der Waals surface area contributed by atoms with Crippen LogP contribution < -0.4 is 10.6 Å². The number of fused-ring (bicyclic) bond motifs is 1. The van der Waals surface area contributed by atoms with E-state index in [0.29, 0.717) is 71.2 Å². The van der Waals surface area contributed by atoms with Gasteiger partial charge in [0.05, 0.1) is 13.2 Å². The maximum atomic E-state index is 14.1. The van der Waals surface area contributed by atoms with Crippen LogP contribution in [0.4, 0.5) is 15.3 Å². The first kappa shape index (κ1) is 36.1. The molecule has 0 bridgehead atoms. The number of piperidine rings is 2. The number of piperazine rings is 1. The molecule has 4 aliphatic rings. The lowest BCUT2D eigenvalue weighted by Crippen LogP contribution is -2.58. The summed E-state index contributed by atoms with van der Waals surface area (Å²) in [6.07, 6.45) is 3.52. The average molecular weight is 753 g/mol. The van der Waals surface area contributed by atoms with Crippen LogP contribution in [0.1, 0.15) is 49.3 Å². The van der Waals surface area contributed by atoms with Gasteiger partial charge in [-0.1, -0.05) is 46.3 Å². The van der Waals surface area contributed by atoms with Crippen molar-refractivity contribution in [2.24, 2.45) is 0 Å². The molecule has 3 fully saturated rings. The van der Waals surface area contributed by atoms with Crippen molar-refractivity contribution in [3.05, 3.63) is 63.6 Å². The fourth-order valence-corrected chi connectivity index (χ4v) is 8.00. The topological polar surface area (TPSA) is 118 Å². The summed E-state index contributed by atoms with van der Waals surface area (Å²) in [6, 6.07) is 13.3. The largest absolute Gasteiger partial charge is 0.465 e. The number of amides is 5. The third-order valence-electron chi connectivity index (χ3n) is 10.7. The number of halogens is 1. The van der Waals surface area contributed by atoms with E-state index in [0.717, 1.165) is 65.9 Å². The number of hydrogen-bond donors (Lipinski definition) is 2. The van der Waals surface area contributed by atoms with Crippen molar-refractivity contribution in [1.29, 1.82) is 0 Å². The molecule has 0 aliphatic carbocycles. The highest BCUT2D eigenvalue weighted by atomic mass is 79.9. The van der Waals surface area contributed by atoms with Gasteiger partial charge < -0.3 is 30.1 Å². The van der Waals surface area contributed by atoms with Crippen molar-refractivity contribution in [2.75, 3.05) is 70.8 Å². The zero-order valence-corrected chi connectivity index (χ0v) is 30.8. The van der Waals surface area contributed by atoms with Crippen molar-refractivity contribution in [1.82, 2.24) is 29.8 Å². The molecule has 2 N–H and O–H groups in total. The van der Waals surface area contributed by atoms with E-state index in [1.807, 2.05) is 60.0 Å². The minimum Gasteiger partial charge on any atom is -0.465 e. The quantitative estimate of drug-likeness (QED) is 0.372. The minimum atomic E-state index is -0.687. The number of nitrogens with zero attached hydrogens (tertiary/aromatic N) is 5. The predicted octanol–water partition coefficient (Wildman–Crippen LogP) is 4.06. The summed E-state index contributed by atoms with van der Waals surface area (Å²) in [5, 5.41) is 6.13. The van der Waals surface area contributed by atoms with Crippen LogP contribution in [0, 0.1) is 6.92 Å². The summed E-state index contributed by atoms with van der Waals surface area (Å²) in [5.74, 6) is -0.217. The number of ether oxygens (including phenoxy) is 1. The number of urea groups is 2. The Balaban J connectivity index is 1.03. The Morgan fingerprint density at radius 3 is 2.30 bits per heavy atom. The van der Waals surface area contributed by atoms with Gasteiger partial charge in [0.25, 0.3) is 0 Å². The number of carbonyl (C=O) groups is 4. The van der Waals surface area contributed by atoms with E-state index < -0.39 is 6.04 Å². The normalized spacial score (nSPS) is 20.2. The van der Waals surface area contributed by atoms with E-state index in [9.17, 15) is 19.2 Å². The van der Waals surface area contributed by atoms with E-state index in [1.54, 1.807) is 4.90 Å². The fraction of sp³-hybridized carbons (Fsp3) is 0.568. The molecule has 0 radical (unpaired) electrons. The zero-order valence-electron chi connectivity index (χ0n) is 29.2. The predicted molar refractivity (Wildman–Crippen MR) is 195 cm³/mol. The molecule has 6 rings (SSSR count). The summed E-state index contributed by atoms with van der Waals surface area (Å²) in [6.45, 7) is 10.9. The molecule has 270 valence electrons. The number of carbonyl (C=O) groups excluding carboxylic acids is 4. The van der Waals surface area contributed by atoms with Gasteiger partial charge in [-0.2, -0.15) is 0 Å². The van der Waals surface area contributed by atoms with E-state index >= 15 is 0 Å². The Morgan fingerprint density at radius 1 is 0.920 bits per heavy atom. The summed E-state index contributed by atoms with van der Waals surface area (Å²) in [7, 11) is 0. The number of benzene rings is 2. The van der Waals surface area contributed by atoms with Crippen molar-refractivity contribution < 1.29 is 23.9 Å². The van der Waals surface area contributed by atoms with Gasteiger partial charge in [0.1, 0.15) is 6.04 Å². The van der Waals surface area contributed by atoms with Crippen LogP contribution in [-0.4, -0.2) is 132 Å². The SMILES string of the molecule is CCOC(=O)CN1CCN(C2CCN(C(=O)C(Cc3ccc(Br)c(C)c3)NC(=O)N3CCC(N4Cc5ccccc5NC4=O)CC3)CC2)CC1. The van der Waals surface area contributed by atoms with Gasteiger partial charge in [0.2, 0.25) is 5.91 Å². The first-order valence-corrected chi connectivity index (χ1v) is 18.8. The van der Waals surface area contributed by atoms with Gasteiger partial charge in [0, 0.05) is 87.6 Å². The molecule has 2 aromatic carbocycles. The number of para-hydroxylation sites is 1. The lowest BCUT2D eigenvalue weighted by molar-refractivity contribution is -0.145. The highest BCUT2D eigenvalue weighted by molar-refractivity contribution is 9.10. The first-order valence-electron chi connectivity index (χ1n) is 18.0. The third kappa shape index (κ3) is 8.78. The Morgan fingerprint density at radius 2 is 1.60 bits per heavy atom. The van der Waals surface area contributed by atoms with Gasteiger partial charge in [-0.3, -0.25) is 19.4 Å². The lowest BCUT2D eigenvalue weighted by atomic mass is 9.99. The molecule has 4 aliphatic heterocycles. The number of esters is 1. The molecule has 13 heteroatoms. The van der Waals surface area contributed by atoms with E-state index in [4.69, 9.17) is 4.74 Å². The van der Waals surface area contributed by atoms with Gasteiger partial charge in [-0.15, -0.1) is 0 Å². The number of nitrogens with one attached hydrogen (secondary N) is 2. The van der Waals surface area contributed by atoms with Gasteiger partial charge in [0.15, 0.2) is 0 Å². The van der Waals surface area contributed by atoms with Crippen molar-refractivity contribution >= 4 is 45.6 Å². The Hall–Kier alpha value is -3.68. The van der Waals surface area contributed by atoms with Gasteiger partial charge in [-0.25, -0.2) is 9.59 Å². The number of hydrogen-bond acceptors (Lipinski definition) is 7. The molecular formula is C37H50BrN7O5. The van der Waals surface area contributed by atoms with E-state index in [2.05, 4.69) is 42.4 Å². The smallest absolute Gasteiger partial charge is 0.322 e. The van der Waals surface area contributed by atoms with Crippen LogP contribution in [0.25, 0.3) is 0 Å². The van der Waals surface area contributed by atoms with Crippen LogP contribution in [0.3, 0.4) is 0 Å². The molecule has 0 saturated carbocycles. The Kier molecular flexibility index (Phi) is 12.0. The summed E-state index contributed by atoms with van der Waals surface area (Å²) < 4.78 is 6.12. The van der Waals surface area contributed by atoms with E-state index in [1.165, 1.54) is 0 Å². The summed E-state index contributed by atoms with van der Waals surface area (Å²) in [5.41, 5.74) is 4.02. The van der Waals surface area contributed by atoms with Gasteiger partial charge >= 0.3 is 18.0 Å². The fourth-order valence-electron chi connectivity index (χ4n) is 7.76. The third-order valence-corrected chi connectivity index (χ3v) is 11.6. The second-order valence-corrected chi connectivity index (χ2v) is 14.8. The highest BCUT2D eigenvalue weighted by Gasteiger charge is 2.36. The number of likely N-dealkylation sites (tertiary alicyclic amines) is 2. The Bertz CT molecular complexity index is 1530. The molecular weight excluding hydrogens is 702 g/mol. The standard InChI is InChI=1S/C37H50BrN7O5/c1-3-50-34(46)25-41-18-20-42(21-19-41)29-10-14-43(15-11-29)35(47)33(23-27-8-9-31(38)26(2)22-27)40-36(48)44-16-12-30(13-17-44)45-24-28-6-4-5-7-32(28)39-37(45)49/h4-9,22,29-30,33H,3,10-21,23-25H2,1-2H3,(H,39,49)(H,40,48). The average Bonchev–Trinajstić information content (AvgIpc) is 3.13. The zero-order chi connectivity index (χ0) is 35.2. The molecule has 3 saturated heterocycles. The molecule has 5 amide bonds. The maximum Gasteiger partial charge on any atom is 0.322 e. The van der Waals surface area contributed by atoms with Crippen molar-refractivity contribution in [3.63, 3.8) is 0 Å². The monoisotopic (exact) mass is 751 g/mol. The van der Waals surface area contributed by atoms with Crippen molar-refractivity contribution in [2.45, 2.75) is 70.6 Å². The van der Waals surface area contributed by atoms with Crippen LogP contribution in [-0.2, 0) is 27.3 Å². The molecule has 4 heterocycles. The molecule has 0 aromatic heterocycles. The highest BCUT2D eigenvalue weighted by Crippen LogP contribution is 2.28. The minimum absolute atomic E-state index is 0.0393. The van der Waals surface area contributed by atoms with E-state index in [-0.39, 0.29) is 30.0 Å². The van der Waals surface area contributed by atoms with Crippen LogP contribution in [0.2, 0.25) is 0 Å². The second-order valence-electron chi connectivity index (χ2n) is 13.9. The molecule has 1 unspecified atom stereocenters. The molecule has 2 aromatic rings. The van der Waals surface area contributed by atoms with Crippen molar-refractivity contribution in [3.8, 4) is 0 Å². The number of anilines is 1. The summed E-state index contributed by atoms with van der Waals surface area (Å²) in [4.78, 5) is 62.9. The first-order chi connectivity index (χ1) is 24.2. The second kappa shape index (κ2) is 16.6. The maximum absolute atomic E-state index is 14.1. The van der Waals surface area contributed by atoms with Gasteiger partial charge in [-0.05, 0) is 68.4 Å². The molecule has 1 atom stereocenters. The molecule has 0 spiro atoms. The lowest BCUT2D eigenvalue weighted by Gasteiger charge is -2.43. The molecule has 50 heavy (non-hydrogen) atoms. The summed E-state index contributed by atoms with van der Waals surface area (Å²) >= 11 is 3.58. The molecule has 12 nitrogen and oxygen atoms in total. The van der Waals surface area contributed by atoms with Crippen LogP contribution in [0.5, 0.6) is 0 Å². The Labute approximate surface area is 303 Å². The van der Waals surface area contributed by atoms with Crippen LogP contribution in [0.15, 0.2) is 46.9 Å².